The Balaban J connectivity index is 2.67. The van der Waals surface area contributed by atoms with Gasteiger partial charge in [-0.15, -0.1) is 0 Å². The minimum Gasteiger partial charge on any atom is -0.368 e. The molecule has 0 N–H and O–H groups in total. The lowest BCUT2D eigenvalue weighted by molar-refractivity contribution is -0.143. The zero-order chi connectivity index (χ0) is 11.4. The third-order valence-corrected chi connectivity index (χ3v) is 2.78. The number of rotatable bonds is 3. The fourth-order valence-corrected chi connectivity index (χ4v) is 1.77. The average molecular weight is 210 g/mol. The second-order valence-corrected chi connectivity index (χ2v) is 4.28. The van der Waals surface area contributed by atoms with E-state index in [1.165, 1.54) is 0 Å². The predicted molar refractivity (Wildman–Crippen MR) is 56.0 cm³/mol. The van der Waals surface area contributed by atoms with Gasteiger partial charge in [0.2, 0.25) is 0 Å². The molecule has 0 aromatic carbocycles. The van der Waals surface area contributed by atoms with Crippen LogP contribution in [-0.2, 0) is 9.53 Å². The van der Waals surface area contributed by atoms with Gasteiger partial charge in [0.1, 0.15) is 12.6 Å². The Morgan fingerprint density at radius 3 is 2.73 bits per heavy atom. The fourth-order valence-electron chi connectivity index (χ4n) is 1.77. The SMILES string of the molecule is CC1CCOC1C(=O)N(CC#N)C(C)C. The van der Waals surface area contributed by atoms with Crippen molar-refractivity contribution in [1.29, 1.82) is 5.26 Å². The molecule has 1 saturated heterocycles. The Bertz CT molecular complexity index is 270. The van der Waals surface area contributed by atoms with Crippen LogP contribution in [0.1, 0.15) is 27.2 Å². The van der Waals surface area contributed by atoms with Crippen LogP contribution in [0.25, 0.3) is 0 Å². The maximum atomic E-state index is 12.0. The molecule has 4 nitrogen and oxygen atoms in total. The molecule has 1 aliphatic rings. The molecule has 2 atom stereocenters. The van der Waals surface area contributed by atoms with E-state index in [-0.39, 0.29) is 30.5 Å². The second kappa shape index (κ2) is 5.13. The summed E-state index contributed by atoms with van der Waals surface area (Å²) in [6.45, 7) is 6.63. The largest absolute Gasteiger partial charge is 0.368 e. The van der Waals surface area contributed by atoms with E-state index < -0.39 is 0 Å². The van der Waals surface area contributed by atoms with E-state index in [1.807, 2.05) is 26.8 Å². The van der Waals surface area contributed by atoms with Crippen LogP contribution in [0.4, 0.5) is 0 Å². The summed E-state index contributed by atoms with van der Waals surface area (Å²) >= 11 is 0. The van der Waals surface area contributed by atoms with Gasteiger partial charge in [-0.2, -0.15) is 5.26 Å². The standard InChI is InChI=1S/C11H18N2O2/c1-8(2)13(6-5-12)11(14)10-9(3)4-7-15-10/h8-10H,4,6-7H2,1-3H3. The number of nitriles is 1. The van der Waals surface area contributed by atoms with Crippen molar-refractivity contribution in [3.05, 3.63) is 0 Å². The summed E-state index contributed by atoms with van der Waals surface area (Å²) in [6, 6.07) is 2.07. The first-order valence-corrected chi connectivity index (χ1v) is 5.37. The number of amides is 1. The van der Waals surface area contributed by atoms with Crippen LogP contribution in [0.15, 0.2) is 0 Å². The van der Waals surface area contributed by atoms with Gasteiger partial charge < -0.3 is 9.64 Å². The van der Waals surface area contributed by atoms with Gasteiger partial charge >= 0.3 is 0 Å². The lowest BCUT2D eigenvalue weighted by Gasteiger charge is -2.27. The van der Waals surface area contributed by atoms with E-state index >= 15 is 0 Å². The molecular weight excluding hydrogens is 192 g/mol. The molecule has 1 amide bonds. The van der Waals surface area contributed by atoms with Crippen LogP contribution in [0.2, 0.25) is 0 Å². The Morgan fingerprint density at radius 2 is 2.33 bits per heavy atom. The molecule has 1 aliphatic heterocycles. The Hall–Kier alpha value is -1.08. The average Bonchev–Trinajstić information content (AvgIpc) is 2.59. The molecule has 1 fully saturated rings. The molecule has 1 rings (SSSR count). The second-order valence-electron chi connectivity index (χ2n) is 4.28. The van der Waals surface area contributed by atoms with Crippen LogP contribution in [0, 0.1) is 17.2 Å². The third-order valence-electron chi connectivity index (χ3n) is 2.78. The van der Waals surface area contributed by atoms with Crippen molar-refractivity contribution in [3.63, 3.8) is 0 Å². The van der Waals surface area contributed by atoms with Crippen LogP contribution in [-0.4, -0.2) is 36.1 Å². The van der Waals surface area contributed by atoms with E-state index in [4.69, 9.17) is 10.00 Å². The highest BCUT2D eigenvalue weighted by molar-refractivity contribution is 5.82. The minimum atomic E-state index is -0.347. The maximum Gasteiger partial charge on any atom is 0.253 e. The summed E-state index contributed by atoms with van der Waals surface area (Å²) in [5, 5.41) is 8.66. The highest BCUT2D eigenvalue weighted by Crippen LogP contribution is 2.22. The molecule has 84 valence electrons. The Morgan fingerprint density at radius 1 is 1.67 bits per heavy atom. The molecule has 0 aromatic heterocycles. The van der Waals surface area contributed by atoms with Crippen molar-refractivity contribution >= 4 is 5.91 Å². The Kier molecular flexibility index (Phi) is 4.10. The van der Waals surface area contributed by atoms with Gasteiger partial charge in [0.25, 0.3) is 5.91 Å². The van der Waals surface area contributed by atoms with Gasteiger partial charge in [0.15, 0.2) is 0 Å². The van der Waals surface area contributed by atoms with Crippen LogP contribution >= 0.6 is 0 Å². The quantitative estimate of drug-likeness (QED) is 0.657. The first-order valence-electron chi connectivity index (χ1n) is 5.37. The number of hydrogen-bond acceptors (Lipinski definition) is 3. The summed E-state index contributed by atoms with van der Waals surface area (Å²) in [7, 11) is 0. The highest BCUT2D eigenvalue weighted by atomic mass is 16.5. The van der Waals surface area contributed by atoms with Crippen LogP contribution in [0.3, 0.4) is 0 Å². The third kappa shape index (κ3) is 2.69. The molecule has 0 bridgehead atoms. The zero-order valence-electron chi connectivity index (χ0n) is 9.56. The van der Waals surface area contributed by atoms with E-state index in [2.05, 4.69) is 0 Å². The summed E-state index contributed by atoms with van der Waals surface area (Å²) in [6.07, 6.45) is 0.579. The van der Waals surface area contributed by atoms with E-state index in [1.54, 1.807) is 4.90 Å². The predicted octanol–water partition coefficient (Wildman–Crippen LogP) is 1.17. The molecule has 2 unspecified atom stereocenters. The molecule has 0 radical (unpaired) electrons. The van der Waals surface area contributed by atoms with Gasteiger partial charge in [-0.05, 0) is 26.2 Å². The highest BCUT2D eigenvalue weighted by Gasteiger charge is 2.34. The molecule has 0 spiro atoms. The number of carbonyl (C=O) groups excluding carboxylic acids is 1. The fraction of sp³-hybridized carbons (Fsp3) is 0.818. The van der Waals surface area contributed by atoms with Crippen molar-refractivity contribution in [2.75, 3.05) is 13.2 Å². The summed E-state index contributed by atoms with van der Waals surface area (Å²) in [5.41, 5.74) is 0. The van der Waals surface area contributed by atoms with Crippen molar-refractivity contribution in [3.8, 4) is 6.07 Å². The summed E-state index contributed by atoms with van der Waals surface area (Å²) < 4.78 is 5.40. The number of ether oxygens (including phenoxy) is 1. The lowest BCUT2D eigenvalue weighted by atomic mass is 10.0. The van der Waals surface area contributed by atoms with Gasteiger partial charge in [0, 0.05) is 12.6 Å². The smallest absolute Gasteiger partial charge is 0.253 e. The first kappa shape index (κ1) is 12.0. The van der Waals surface area contributed by atoms with Gasteiger partial charge in [-0.1, -0.05) is 6.92 Å². The van der Waals surface area contributed by atoms with E-state index in [9.17, 15) is 4.79 Å². The topological polar surface area (TPSA) is 53.3 Å². The normalized spacial score (nSPS) is 25.3. The van der Waals surface area contributed by atoms with Crippen molar-refractivity contribution in [2.45, 2.75) is 39.3 Å². The van der Waals surface area contributed by atoms with Crippen molar-refractivity contribution in [1.82, 2.24) is 4.90 Å². The zero-order valence-corrected chi connectivity index (χ0v) is 9.56. The minimum absolute atomic E-state index is 0.0449. The van der Waals surface area contributed by atoms with Crippen molar-refractivity contribution < 1.29 is 9.53 Å². The summed E-state index contributed by atoms with van der Waals surface area (Å²) in [4.78, 5) is 13.6. The van der Waals surface area contributed by atoms with Gasteiger partial charge in [0.05, 0.1) is 6.07 Å². The molecule has 0 saturated carbocycles. The van der Waals surface area contributed by atoms with Crippen LogP contribution < -0.4 is 0 Å². The molecule has 4 heteroatoms. The van der Waals surface area contributed by atoms with Crippen LogP contribution in [0.5, 0.6) is 0 Å². The number of nitrogens with zero attached hydrogens (tertiary/aromatic N) is 2. The monoisotopic (exact) mass is 210 g/mol. The van der Waals surface area contributed by atoms with E-state index in [0.29, 0.717) is 6.61 Å². The first-order chi connectivity index (χ1) is 7.07. The van der Waals surface area contributed by atoms with E-state index in [0.717, 1.165) is 6.42 Å². The molecule has 1 heterocycles. The maximum absolute atomic E-state index is 12.0. The van der Waals surface area contributed by atoms with Gasteiger partial charge in [-0.25, -0.2) is 0 Å². The number of carbonyl (C=O) groups is 1. The van der Waals surface area contributed by atoms with Crippen molar-refractivity contribution in [2.24, 2.45) is 5.92 Å². The molecule has 0 aromatic rings. The molecular formula is C11H18N2O2. The Labute approximate surface area is 90.8 Å². The molecule has 15 heavy (non-hydrogen) atoms. The lowest BCUT2D eigenvalue weighted by Crippen LogP contribution is -2.45. The molecule has 0 aliphatic carbocycles. The number of hydrogen-bond donors (Lipinski definition) is 0. The van der Waals surface area contributed by atoms with Gasteiger partial charge in [-0.3, -0.25) is 4.79 Å². The summed E-state index contributed by atoms with van der Waals surface area (Å²) in [5.74, 6) is 0.217.